The van der Waals surface area contributed by atoms with Crippen molar-refractivity contribution in [2.75, 3.05) is 6.61 Å². The highest BCUT2D eigenvalue weighted by Gasteiger charge is 2.27. The van der Waals surface area contributed by atoms with E-state index < -0.39 is 29.9 Å². The van der Waals surface area contributed by atoms with Crippen molar-refractivity contribution in [3.05, 3.63) is 11.6 Å². The van der Waals surface area contributed by atoms with Crippen molar-refractivity contribution in [3.63, 3.8) is 0 Å². The number of carbonyl (C=O) groups is 3. The van der Waals surface area contributed by atoms with Gasteiger partial charge in [-0.1, -0.05) is 59.3 Å². The molecule has 0 aromatic carbocycles. The normalized spacial score (nSPS) is 12.0. The number of ether oxygens (including phenoxy) is 1. The fraction of sp³-hybridized carbons (Fsp3) is 0.783. The first-order valence-corrected chi connectivity index (χ1v) is 11.1. The maximum atomic E-state index is 11.8. The summed E-state index contributed by atoms with van der Waals surface area (Å²) in [6.45, 7) is 6.91. The van der Waals surface area contributed by atoms with E-state index in [1.807, 2.05) is 0 Å². The molecule has 0 rings (SSSR count). The molecule has 6 nitrogen and oxygen atoms in total. The number of carboxylic acids is 2. The quantitative estimate of drug-likeness (QED) is 0.169. The summed E-state index contributed by atoms with van der Waals surface area (Å²) in [6.07, 6.45) is 14.0. The monoisotopic (exact) mass is 412 g/mol. The van der Waals surface area contributed by atoms with Crippen LogP contribution in [-0.2, 0) is 19.1 Å². The zero-order valence-electron chi connectivity index (χ0n) is 18.5. The van der Waals surface area contributed by atoms with E-state index >= 15 is 0 Å². The Kier molecular flexibility index (Phi) is 15.0. The van der Waals surface area contributed by atoms with Gasteiger partial charge in [-0.2, -0.15) is 0 Å². The summed E-state index contributed by atoms with van der Waals surface area (Å²) in [5, 5.41) is 17.6. The standard InChI is InChI=1S/C23H40O6/c1-4-7-12-23(13-8-5-2,14-9-6-3)15-10-11-16-29-21(26)18-19(22(27)28)17-20(24)25/h18H,4-17H2,1-3H3,(H,24,25)(H,27,28). The minimum absolute atomic E-state index is 0.223. The third-order valence-corrected chi connectivity index (χ3v) is 5.44. The van der Waals surface area contributed by atoms with Crippen molar-refractivity contribution < 1.29 is 29.3 Å². The van der Waals surface area contributed by atoms with E-state index in [4.69, 9.17) is 14.9 Å². The Labute approximate surface area is 175 Å². The predicted octanol–water partition coefficient (Wildman–Crippen LogP) is 5.74. The van der Waals surface area contributed by atoms with Crippen LogP contribution in [0.5, 0.6) is 0 Å². The maximum Gasteiger partial charge on any atom is 0.332 e. The fourth-order valence-electron chi connectivity index (χ4n) is 3.72. The second kappa shape index (κ2) is 16.0. The van der Waals surface area contributed by atoms with E-state index in [1.165, 1.54) is 57.8 Å². The maximum absolute atomic E-state index is 11.8. The van der Waals surface area contributed by atoms with Gasteiger partial charge in [0.25, 0.3) is 0 Å². The molecule has 168 valence electrons. The molecule has 0 radical (unpaired) electrons. The first-order valence-electron chi connectivity index (χ1n) is 11.1. The SMILES string of the molecule is CCCCC(CCCC)(CCCC)CCCCOC(=O)C=C(CC(=O)O)C(=O)O. The van der Waals surface area contributed by atoms with Crippen molar-refractivity contribution in [1.29, 1.82) is 0 Å². The summed E-state index contributed by atoms with van der Waals surface area (Å²) in [5.41, 5.74) is -0.0931. The molecular formula is C23H40O6. The summed E-state index contributed by atoms with van der Waals surface area (Å²) in [6, 6.07) is 0. The van der Waals surface area contributed by atoms with Crippen molar-refractivity contribution in [3.8, 4) is 0 Å². The van der Waals surface area contributed by atoms with Crippen molar-refractivity contribution in [2.45, 2.75) is 104 Å². The molecule has 0 aromatic rings. The number of rotatable bonds is 18. The largest absolute Gasteiger partial charge is 0.481 e. The highest BCUT2D eigenvalue weighted by atomic mass is 16.5. The van der Waals surface area contributed by atoms with Crippen LogP contribution in [0.25, 0.3) is 0 Å². The summed E-state index contributed by atoms with van der Waals surface area (Å²) in [5.74, 6) is -3.51. The molecule has 0 bridgehead atoms. The molecule has 29 heavy (non-hydrogen) atoms. The van der Waals surface area contributed by atoms with Gasteiger partial charge in [0, 0.05) is 6.08 Å². The average Bonchev–Trinajstić information content (AvgIpc) is 2.67. The van der Waals surface area contributed by atoms with E-state index in [9.17, 15) is 14.4 Å². The van der Waals surface area contributed by atoms with Crippen LogP contribution in [0.3, 0.4) is 0 Å². The van der Waals surface area contributed by atoms with Gasteiger partial charge < -0.3 is 14.9 Å². The van der Waals surface area contributed by atoms with Gasteiger partial charge in [-0.3, -0.25) is 4.79 Å². The summed E-state index contributed by atoms with van der Waals surface area (Å²) in [7, 11) is 0. The fourth-order valence-corrected chi connectivity index (χ4v) is 3.72. The number of carbonyl (C=O) groups excluding carboxylic acids is 1. The highest BCUT2D eigenvalue weighted by Crippen LogP contribution is 2.41. The van der Waals surface area contributed by atoms with Crippen LogP contribution >= 0.6 is 0 Å². The number of hydrogen-bond acceptors (Lipinski definition) is 4. The summed E-state index contributed by atoms with van der Waals surface area (Å²) in [4.78, 5) is 33.4. The molecule has 0 aliphatic rings. The summed E-state index contributed by atoms with van der Waals surface area (Å²) < 4.78 is 5.09. The van der Waals surface area contributed by atoms with E-state index in [2.05, 4.69) is 20.8 Å². The Hall–Kier alpha value is -1.85. The molecule has 0 aliphatic heterocycles. The lowest BCUT2D eigenvalue weighted by Crippen LogP contribution is -2.21. The minimum Gasteiger partial charge on any atom is -0.481 e. The molecule has 0 atom stereocenters. The number of unbranched alkanes of at least 4 members (excludes halogenated alkanes) is 4. The van der Waals surface area contributed by atoms with E-state index in [0.29, 0.717) is 5.41 Å². The zero-order valence-corrected chi connectivity index (χ0v) is 18.5. The van der Waals surface area contributed by atoms with Crippen LogP contribution in [0.2, 0.25) is 0 Å². The molecule has 0 aromatic heterocycles. The Balaban J connectivity index is 4.62. The number of aliphatic carboxylic acids is 2. The van der Waals surface area contributed by atoms with Gasteiger partial charge >= 0.3 is 17.9 Å². The molecule has 0 saturated carbocycles. The molecule has 0 heterocycles. The Morgan fingerprint density at radius 3 is 1.69 bits per heavy atom. The van der Waals surface area contributed by atoms with Gasteiger partial charge in [-0.15, -0.1) is 0 Å². The first kappa shape index (κ1) is 27.1. The van der Waals surface area contributed by atoms with Crippen LogP contribution in [0, 0.1) is 5.41 Å². The van der Waals surface area contributed by atoms with Gasteiger partial charge in [0.05, 0.1) is 18.6 Å². The number of carboxylic acid groups (broad SMARTS) is 2. The molecule has 6 heteroatoms. The van der Waals surface area contributed by atoms with Gasteiger partial charge in [0.2, 0.25) is 0 Å². The molecule has 0 fully saturated rings. The second-order valence-corrected chi connectivity index (χ2v) is 7.98. The van der Waals surface area contributed by atoms with Crippen LogP contribution in [-0.4, -0.2) is 34.7 Å². The molecule has 2 N–H and O–H groups in total. The molecule has 0 saturated heterocycles. The lowest BCUT2D eigenvalue weighted by atomic mass is 9.71. The zero-order chi connectivity index (χ0) is 22.1. The third kappa shape index (κ3) is 13.1. The van der Waals surface area contributed by atoms with Gasteiger partial charge in [0.15, 0.2) is 0 Å². The summed E-state index contributed by atoms with van der Waals surface area (Å²) >= 11 is 0. The van der Waals surface area contributed by atoms with Gasteiger partial charge in [0.1, 0.15) is 0 Å². The van der Waals surface area contributed by atoms with Crippen LogP contribution in [0.4, 0.5) is 0 Å². The molecular weight excluding hydrogens is 372 g/mol. The van der Waals surface area contributed by atoms with Crippen LogP contribution < -0.4 is 0 Å². The Bertz CT molecular complexity index is 502. The van der Waals surface area contributed by atoms with E-state index in [-0.39, 0.29) is 6.61 Å². The minimum atomic E-state index is -1.42. The Morgan fingerprint density at radius 1 is 0.793 bits per heavy atom. The molecule has 0 spiro atoms. The number of hydrogen-bond donors (Lipinski definition) is 2. The van der Waals surface area contributed by atoms with E-state index in [0.717, 1.165) is 25.3 Å². The van der Waals surface area contributed by atoms with Crippen LogP contribution in [0.15, 0.2) is 11.6 Å². The molecule has 0 unspecified atom stereocenters. The predicted molar refractivity (Wildman–Crippen MR) is 114 cm³/mol. The molecule has 0 aliphatic carbocycles. The van der Waals surface area contributed by atoms with Crippen molar-refractivity contribution >= 4 is 17.9 Å². The smallest absolute Gasteiger partial charge is 0.332 e. The average molecular weight is 413 g/mol. The van der Waals surface area contributed by atoms with Crippen LogP contribution in [0.1, 0.15) is 104 Å². The van der Waals surface area contributed by atoms with Gasteiger partial charge in [-0.05, 0) is 43.9 Å². The third-order valence-electron chi connectivity index (χ3n) is 5.44. The Morgan fingerprint density at radius 2 is 1.28 bits per heavy atom. The topological polar surface area (TPSA) is 101 Å². The second-order valence-electron chi connectivity index (χ2n) is 7.98. The van der Waals surface area contributed by atoms with Crippen molar-refractivity contribution in [1.82, 2.24) is 0 Å². The lowest BCUT2D eigenvalue weighted by Gasteiger charge is -2.35. The van der Waals surface area contributed by atoms with Crippen molar-refractivity contribution in [2.24, 2.45) is 5.41 Å². The first-order chi connectivity index (χ1) is 13.8. The lowest BCUT2D eigenvalue weighted by molar-refractivity contribution is -0.140. The highest BCUT2D eigenvalue weighted by molar-refractivity contribution is 5.98. The van der Waals surface area contributed by atoms with E-state index in [1.54, 1.807) is 0 Å². The molecule has 0 amide bonds. The number of esters is 1. The van der Waals surface area contributed by atoms with Gasteiger partial charge in [-0.25, -0.2) is 9.59 Å².